The highest BCUT2D eigenvalue weighted by Crippen LogP contribution is 2.43. The van der Waals surface area contributed by atoms with Gasteiger partial charge in [-0.3, -0.25) is 0 Å². The Bertz CT molecular complexity index is 509. The highest BCUT2D eigenvalue weighted by Gasteiger charge is 2.29. The molecule has 2 atom stereocenters. The van der Waals surface area contributed by atoms with Gasteiger partial charge in [-0.15, -0.1) is 0 Å². The zero-order valence-electron chi connectivity index (χ0n) is 10.1. The summed E-state index contributed by atoms with van der Waals surface area (Å²) in [6.45, 7) is 4.69. The van der Waals surface area contributed by atoms with Crippen LogP contribution in [-0.4, -0.2) is 4.98 Å². The van der Waals surface area contributed by atoms with E-state index in [0.29, 0.717) is 0 Å². The Labute approximate surface area is 96.9 Å². The first-order chi connectivity index (χ1) is 7.81. The molecule has 1 N–H and O–H groups in total. The second kappa shape index (κ2) is 3.65. The smallest absolute Gasteiger partial charge is 0.0459 e. The van der Waals surface area contributed by atoms with Crippen LogP contribution in [0.3, 0.4) is 0 Å². The number of hydrogen-bond acceptors (Lipinski definition) is 0. The molecule has 1 aromatic heterocycles. The lowest BCUT2D eigenvalue weighted by atomic mass is 9.86. The summed E-state index contributed by atoms with van der Waals surface area (Å²) in [6, 6.07) is 8.74. The Morgan fingerprint density at radius 3 is 3.00 bits per heavy atom. The van der Waals surface area contributed by atoms with Crippen molar-refractivity contribution in [2.75, 3.05) is 0 Å². The molecule has 0 aliphatic heterocycles. The third kappa shape index (κ3) is 1.31. The first-order valence-corrected chi connectivity index (χ1v) is 6.40. The standard InChI is InChI=1S/C15H19N/c1-3-10(2)11-8-9-14-15(11)12-6-4-5-7-13(12)16-14/h4-7,10-11,16H,3,8-9H2,1-2H3. The van der Waals surface area contributed by atoms with E-state index in [9.17, 15) is 0 Å². The van der Waals surface area contributed by atoms with Crippen LogP contribution in [0.5, 0.6) is 0 Å². The minimum atomic E-state index is 0.774. The van der Waals surface area contributed by atoms with Gasteiger partial charge in [-0.05, 0) is 36.3 Å². The highest BCUT2D eigenvalue weighted by molar-refractivity contribution is 5.85. The van der Waals surface area contributed by atoms with Crippen molar-refractivity contribution in [2.45, 2.75) is 39.0 Å². The molecule has 1 nitrogen and oxygen atoms in total. The van der Waals surface area contributed by atoms with Crippen molar-refractivity contribution >= 4 is 10.9 Å². The number of benzene rings is 1. The van der Waals surface area contributed by atoms with Gasteiger partial charge in [-0.1, -0.05) is 38.5 Å². The zero-order valence-corrected chi connectivity index (χ0v) is 10.1. The maximum absolute atomic E-state index is 3.58. The average Bonchev–Trinajstić information content (AvgIpc) is 2.86. The maximum Gasteiger partial charge on any atom is 0.0459 e. The van der Waals surface area contributed by atoms with Crippen LogP contribution >= 0.6 is 0 Å². The van der Waals surface area contributed by atoms with E-state index in [2.05, 4.69) is 43.1 Å². The normalized spacial score (nSPS) is 21.2. The molecule has 0 fully saturated rings. The summed E-state index contributed by atoms with van der Waals surface area (Å²) in [5.41, 5.74) is 4.43. The number of fused-ring (bicyclic) bond motifs is 3. The number of aryl methyl sites for hydroxylation is 1. The molecule has 0 radical (unpaired) electrons. The zero-order chi connectivity index (χ0) is 11.1. The van der Waals surface area contributed by atoms with E-state index in [1.165, 1.54) is 35.9 Å². The molecule has 0 saturated carbocycles. The van der Waals surface area contributed by atoms with Crippen molar-refractivity contribution in [1.82, 2.24) is 4.98 Å². The fourth-order valence-corrected chi connectivity index (χ4v) is 3.14. The second-order valence-electron chi connectivity index (χ2n) is 5.09. The molecule has 84 valence electrons. The molecule has 0 saturated heterocycles. The van der Waals surface area contributed by atoms with Crippen molar-refractivity contribution in [3.8, 4) is 0 Å². The molecule has 1 aliphatic rings. The molecule has 1 heterocycles. The van der Waals surface area contributed by atoms with Gasteiger partial charge in [-0.2, -0.15) is 0 Å². The molecular weight excluding hydrogens is 194 g/mol. The summed E-state index contributed by atoms with van der Waals surface area (Å²) < 4.78 is 0. The fraction of sp³-hybridized carbons (Fsp3) is 0.467. The van der Waals surface area contributed by atoms with Gasteiger partial charge in [0.15, 0.2) is 0 Å². The SMILES string of the molecule is CCC(C)C1CCc2[nH]c3ccccc3c21. The van der Waals surface area contributed by atoms with E-state index in [1.54, 1.807) is 5.56 Å². The molecule has 3 rings (SSSR count). The highest BCUT2D eigenvalue weighted by atomic mass is 14.7. The van der Waals surface area contributed by atoms with Crippen LogP contribution in [0.15, 0.2) is 24.3 Å². The molecule has 1 aromatic carbocycles. The van der Waals surface area contributed by atoms with Gasteiger partial charge in [0.05, 0.1) is 0 Å². The quantitative estimate of drug-likeness (QED) is 0.767. The topological polar surface area (TPSA) is 15.8 Å². The van der Waals surface area contributed by atoms with E-state index in [1.807, 2.05) is 0 Å². The van der Waals surface area contributed by atoms with Crippen LogP contribution in [0.25, 0.3) is 10.9 Å². The van der Waals surface area contributed by atoms with Crippen LogP contribution in [0.4, 0.5) is 0 Å². The van der Waals surface area contributed by atoms with Gasteiger partial charge in [0, 0.05) is 16.6 Å². The molecule has 0 bridgehead atoms. The number of aromatic amines is 1. The van der Waals surface area contributed by atoms with Gasteiger partial charge >= 0.3 is 0 Å². The second-order valence-corrected chi connectivity index (χ2v) is 5.09. The van der Waals surface area contributed by atoms with Crippen molar-refractivity contribution < 1.29 is 0 Å². The summed E-state index contributed by atoms with van der Waals surface area (Å²) in [4.78, 5) is 3.58. The van der Waals surface area contributed by atoms with Gasteiger partial charge in [0.1, 0.15) is 0 Å². The Kier molecular flexibility index (Phi) is 2.27. The van der Waals surface area contributed by atoms with Gasteiger partial charge in [-0.25, -0.2) is 0 Å². The van der Waals surface area contributed by atoms with Crippen molar-refractivity contribution in [1.29, 1.82) is 0 Å². The Morgan fingerprint density at radius 2 is 2.19 bits per heavy atom. The molecular formula is C15H19N. The molecule has 1 aliphatic carbocycles. The van der Waals surface area contributed by atoms with E-state index in [0.717, 1.165) is 11.8 Å². The van der Waals surface area contributed by atoms with Crippen LogP contribution < -0.4 is 0 Å². The average molecular weight is 213 g/mol. The van der Waals surface area contributed by atoms with Crippen molar-refractivity contribution in [3.05, 3.63) is 35.5 Å². The predicted octanol–water partition coefficient (Wildman–Crippen LogP) is 4.24. The van der Waals surface area contributed by atoms with E-state index in [4.69, 9.17) is 0 Å². The first-order valence-electron chi connectivity index (χ1n) is 6.40. The third-order valence-electron chi connectivity index (χ3n) is 4.23. The summed E-state index contributed by atoms with van der Waals surface area (Å²) >= 11 is 0. The number of H-pyrrole nitrogens is 1. The number of rotatable bonds is 2. The number of nitrogens with one attached hydrogen (secondary N) is 1. The van der Waals surface area contributed by atoms with Crippen molar-refractivity contribution in [3.63, 3.8) is 0 Å². The predicted molar refractivity (Wildman–Crippen MR) is 68.8 cm³/mol. The lowest BCUT2D eigenvalue weighted by Crippen LogP contribution is -2.05. The molecule has 0 spiro atoms. The molecule has 1 heteroatoms. The molecule has 16 heavy (non-hydrogen) atoms. The van der Waals surface area contributed by atoms with E-state index in [-0.39, 0.29) is 0 Å². The molecule has 2 aromatic rings. The third-order valence-corrected chi connectivity index (χ3v) is 4.23. The molecule has 2 unspecified atom stereocenters. The fourth-order valence-electron chi connectivity index (χ4n) is 3.14. The Hall–Kier alpha value is -1.24. The van der Waals surface area contributed by atoms with Gasteiger partial charge in [0.2, 0.25) is 0 Å². The van der Waals surface area contributed by atoms with Crippen LogP contribution in [0.2, 0.25) is 0 Å². The lowest BCUT2D eigenvalue weighted by molar-refractivity contribution is 0.445. The first kappa shape index (κ1) is 9.95. The molecule has 0 amide bonds. The number of aromatic nitrogens is 1. The van der Waals surface area contributed by atoms with Crippen LogP contribution in [0.1, 0.15) is 43.9 Å². The number of hydrogen-bond donors (Lipinski definition) is 1. The van der Waals surface area contributed by atoms with E-state index < -0.39 is 0 Å². The largest absolute Gasteiger partial charge is 0.358 e. The van der Waals surface area contributed by atoms with Crippen molar-refractivity contribution in [2.24, 2.45) is 5.92 Å². The Morgan fingerprint density at radius 1 is 1.38 bits per heavy atom. The van der Waals surface area contributed by atoms with E-state index >= 15 is 0 Å². The van der Waals surface area contributed by atoms with Gasteiger partial charge in [0.25, 0.3) is 0 Å². The van der Waals surface area contributed by atoms with Crippen LogP contribution in [0, 0.1) is 5.92 Å². The Balaban J connectivity index is 2.16. The summed E-state index contributed by atoms with van der Waals surface area (Å²) in [6.07, 6.45) is 3.85. The maximum atomic E-state index is 3.58. The summed E-state index contributed by atoms with van der Waals surface area (Å²) in [5, 5.41) is 1.46. The summed E-state index contributed by atoms with van der Waals surface area (Å²) in [5.74, 6) is 1.58. The number of para-hydroxylation sites is 1. The monoisotopic (exact) mass is 213 g/mol. The summed E-state index contributed by atoms with van der Waals surface area (Å²) in [7, 11) is 0. The lowest BCUT2D eigenvalue weighted by Gasteiger charge is -2.18. The van der Waals surface area contributed by atoms with Crippen LogP contribution in [-0.2, 0) is 6.42 Å². The van der Waals surface area contributed by atoms with Gasteiger partial charge < -0.3 is 4.98 Å². The minimum Gasteiger partial charge on any atom is -0.358 e. The minimum absolute atomic E-state index is 0.774.